The SMILES string of the molecule is CCCCCC.CCCCCC.CCCCCC.CCCCCC.CCCCCC(CC(C)=O)(CC(C)=O)CC(C)=O. The Balaban J connectivity index is -0.000000156. The second-order valence-corrected chi connectivity index (χ2v) is 12.4. The molecule has 0 heterocycles. The summed E-state index contributed by atoms with van der Waals surface area (Å²) in [6, 6.07) is 0. The Hall–Kier alpha value is -0.990. The second-order valence-electron chi connectivity index (χ2n) is 12.4. The third-order valence-electron chi connectivity index (χ3n) is 7.01. The van der Waals surface area contributed by atoms with Crippen molar-refractivity contribution in [2.24, 2.45) is 5.41 Å². The first-order valence-corrected chi connectivity index (χ1v) is 18.5. The van der Waals surface area contributed by atoms with E-state index in [-0.39, 0.29) is 17.3 Å². The fourth-order valence-electron chi connectivity index (χ4n) is 4.79. The quantitative estimate of drug-likeness (QED) is 0.116. The van der Waals surface area contributed by atoms with Gasteiger partial charge in [0.25, 0.3) is 0 Å². The predicted molar refractivity (Wildman–Crippen MR) is 192 cm³/mol. The molecule has 0 aliphatic carbocycles. The Morgan fingerprint density at radius 3 is 0.643 bits per heavy atom. The molecular weight excluding hydrogens is 516 g/mol. The molecule has 0 amide bonds. The number of Topliss-reactive ketones (excluding diaryl/α,β-unsaturated/α-hetero) is 3. The van der Waals surface area contributed by atoms with Gasteiger partial charge in [0.05, 0.1) is 0 Å². The maximum atomic E-state index is 11.4. The molecule has 42 heavy (non-hydrogen) atoms. The van der Waals surface area contributed by atoms with E-state index in [1.54, 1.807) is 0 Å². The van der Waals surface area contributed by atoms with Crippen LogP contribution in [0.5, 0.6) is 0 Å². The number of carbonyl (C=O) groups excluding carboxylic acids is 3. The molecule has 0 aromatic carbocycles. The van der Waals surface area contributed by atoms with E-state index >= 15 is 0 Å². The normalized spacial score (nSPS) is 10.0. The van der Waals surface area contributed by atoms with Crippen molar-refractivity contribution >= 4 is 17.3 Å². The van der Waals surface area contributed by atoms with E-state index in [1.807, 2.05) is 0 Å². The van der Waals surface area contributed by atoms with E-state index in [1.165, 1.54) is 124 Å². The lowest BCUT2D eigenvalue weighted by Gasteiger charge is -2.31. The number of hydrogen-bond acceptors (Lipinski definition) is 3. The molecule has 0 aliphatic rings. The van der Waals surface area contributed by atoms with Crippen molar-refractivity contribution in [2.75, 3.05) is 0 Å². The fourth-order valence-corrected chi connectivity index (χ4v) is 4.79. The lowest BCUT2D eigenvalue weighted by Crippen LogP contribution is -2.29. The molecule has 0 aromatic rings. The van der Waals surface area contributed by atoms with E-state index in [9.17, 15) is 14.4 Å². The summed E-state index contributed by atoms with van der Waals surface area (Å²) < 4.78 is 0. The van der Waals surface area contributed by atoms with Gasteiger partial charge in [-0.05, 0) is 32.6 Å². The van der Waals surface area contributed by atoms with Crippen LogP contribution in [0.25, 0.3) is 0 Å². The van der Waals surface area contributed by atoms with Crippen molar-refractivity contribution in [3.63, 3.8) is 0 Å². The first-order valence-electron chi connectivity index (χ1n) is 18.5. The zero-order valence-electron chi connectivity index (χ0n) is 31.5. The Morgan fingerprint density at radius 1 is 0.333 bits per heavy atom. The van der Waals surface area contributed by atoms with Gasteiger partial charge in [-0.15, -0.1) is 0 Å². The number of hydrogen-bond donors (Lipinski definition) is 0. The Kier molecular flexibility index (Phi) is 53.6. The molecule has 0 unspecified atom stereocenters. The smallest absolute Gasteiger partial charge is 0.130 e. The topological polar surface area (TPSA) is 51.2 Å². The van der Waals surface area contributed by atoms with Gasteiger partial charge >= 0.3 is 0 Å². The molecule has 256 valence electrons. The highest BCUT2D eigenvalue weighted by Crippen LogP contribution is 2.37. The molecule has 3 heteroatoms. The molecule has 0 spiro atoms. The van der Waals surface area contributed by atoms with Crippen LogP contribution in [0.4, 0.5) is 0 Å². The van der Waals surface area contributed by atoms with Gasteiger partial charge in [0.1, 0.15) is 17.3 Å². The number of carbonyl (C=O) groups is 3. The Labute approximate surface area is 267 Å². The fraction of sp³-hybridized carbons (Fsp3) is 0.923. The number of rotatable bonds is 22. The van der Waals surface area contributed by atoms with Gasteiger partial charge in [0.2, 0.25) is 0 Å². The zero-order valence-corrected chi connectivity index (χ0v) is 31.5. The van der Waals surface area contributed by atoms with Gasteiger partial charge in [0.15, 0.2) is 0 Å². The number of unbranched alkanes of at least 4 members (excludes halogenated alkanes) is 14. The van der Waals surface area contributed by atoms with Gasteiger partial charge in [-0.1, -0.05) is 184 Å². The van der Waals surface area contributed by atoms with E-state index < -0.39 is 5.41 Å². The standard InChI is InChI=1S/C15H26O3.4C6H14/c1-5-6-7-8-15(9-12(2)16,10-13(3)17)11-14(4)18;4*1-3-5-6-4-2/h5-11H2,1-4H3;4*3-6H2,1-2H3. The van der Waals surface area contributed by atoms with Crippen LogP contribution in [0.3, 0.4) is 0 Å². The summed E-state index contributed by atoms with van der Waals surface area (Å²) in [6.45, 7) is 24.6. The monoisotopic (exact) mass is 599 g/mol. The zero-order chi connectivity index (χ0) is 33.5. The summed E-state index contributed by atoms with van der Waals surface area (Å²) in [5.74, 6) is 0.192. The van der Waals surface area contributed by atoms with Crippen LogP contribution in [-0.2, 0) is 14.4 Å². The maximum absolute atomic E-state index is 11.4. The summed E-state index contributed by atoms with van der Waals surface area (Å²) in [7, 11) is 0. The molecule has 3 nitrogen and oxygen atoms in total. The van der Waals surface area contributed by atoms with Crippen molar-refractivity contribution in [1.82, 2.24) is 0 Å². The Bertz CT molecular complexity index is 435. The first kappa shape index (κ1) is 50.6. The molecule has 0 saturated carbocycles. The highest BCUT2D eigenvalue weighted by Gasteiger charge is 2.33. The lowest BCUT2D eigenvalue weighted by molar-refractivity contribution is -0.125. The van der Waals surface area contributed by atoms with Gasteiger partial charge in [-0.2, -0.15) is 0 Å². The van der Waals surface area contributed by atoms with Crippen molar-refractivity contribution in [3.05, 3.63) is 0 Å². The summed E-state index contributed by atoms with van der Waals surface area (Å²) in [5.41, 5.74) is -0.432. The maximum Gasteiger partial charge on any atom is 0.130 e. The second kappa shape index (κ2) is 44.5. The van der Waals surface area contributed by atoms with Gasteiger partial charge in [-0.25, -0.2) is 0 Å². The third-order valence-corrected chi connectivity index (χ3v) is 7.01. The summed E-state index contributed by atoms with van der Waals surface area (Å²) in [5, 5.41) is 0. The van der Waals surface area contributed by atoms with Crippen LogP contribution in [0.1, 0.15) is 231 Å². The van der Waals surface area contributed by atoms with E-state index in [2.05, 4.69) is 62.3 Å². The average Bonchev–Trinajstić information content (AvgIpc) is 2.93. The molecule has 0 rings (SSSR count). The molecule has 0 atom stereocenters. The minimum atomic E-state index is -0.432. The molecule has 0 aliphatic heterocycles. The highest BCUT2D eigenvalue weighted by atomic mass is 16.1. The van der Waals surface area contributed by atoms with E-state index in [0.29, 0.717) is 19.3 Å². The summed E-state index contributed by atoms with van der Waals surface area (Å²) in [4.78, 5) is 34.3. The molecule has 0 saturated heterocycles. The summed E-state index contributed by atoms with van der Waals surface area (Å²) >= 11 is 0. The average molecular weight is 599 g/mol. The van der Waals surface area contributed by atoms with Crippen molar-refractivity contribution in [1.29, 1.82) is 0 Å². The van der Waals surface area contributed by atoms with Crippen molar-refractivity contribution < 1.29 is 14.4 Å². The molecule has 0 radical (unpaired) electrons. The molecular formula is C39H82O3. The van der Waals surface area contributed by atoms with Gasteiger partial charge in [-0.3, -0.25) is 0 Å². The molecule has 0 N–H and O–H groups in total. The predicted octanol–water partition coefficient (Wildman–Crippen LogP) is 13.8. The molecule has 0 aromatic heterocycles. The number of ketones is 3. The van der Waals surface area contributed by atoms with Crippen LogP contribution >= 0.6 is 0 Å². The lowest BCUT2D eigenvalue weighted by atomic mass is 9.71. The van der Waals surface area contributed by atoms with Gasteiger partial charge in [0, 0.05) is 19.3 Å². The van der Waals surface area contributed by atoms with Gasteiger partial charge < -0.3 is 14.4 Å². The van der Waals surface area contributed by atoms with E-state index in [0.717, 1.165) is 25.7 Å². The van der Waals surface area contributed by atoms with Crippen molar-refractivity contribution in [2.45, 2.75) is 231 Å². The molecule has 0 bridgehead atoms. The van der Waals surface area contributed by atoms with Crippen LogP contribution in [0.2, 0.25) is 0 Å². The largest absolute Gasteiger partial charge is 0.300 e. The van der Waals surface area contributed by atoms with Crippen LogP contribution in [0.15, 0.2) is 0 Å². The highest BCUT2D eigenvalue weighted by molar-refractivity contribution is 5.83. The van der Waals surface area contributed by atoms with Crippen molar-refractivity contribution in [3.8, 4) is 0 Å². The van der Waals surface area contributed by atoms with Crippen LogP contribution < -0.4 is 0 Å². The first-order chi connectivity index (χ1) is 20.0. The molecule has 0 fully saturated rings. The van der Waals surface area contributed by atoms with E-state index in [4.69, 9.17) is 0 Å². The third kappa shape index (κ3) is 55.0. The minimum absolute atomic E-state index is 0.0639. The Morgan fingerprint density at radius 2 is 0.500 bits per heavy atom. The summed E-state index contributed by atoms with van der Waals surface area (Å²) in [6.07, 6.45) is 27.1. The van der Waals surface area contributed by atoms with Crippen LogP contribution in [0, 0.1) is 5.41 Å². The minimum Gasteiger partial charge on any atom is -0.300 e. The van der Waals surface area contributed by atoms with Crippen LogP contribution in [-0.4, -0.2) is 17.3 Å².